The van der Waals surface area contributed by atoms with Gasteiger partial charge in [0.1, 0.15) is 29.8 Å². The monoisotopic (exact) mass is 565 g/mol. The van der Waals surface area contributed by atoms with Gasteiger partial charge in [0.05, 0.1) is 17.2 Å². The molecule has 1 atom stereocenters. The number of benzene rings is 2. The molecule has 7 nitrogen and oxygen atoms in total. The van der Waals surface area contributed by atoms with Crippen molar-refractivity contribution >= 4 is 22.7 Å². The van der Waals surface area contributed by atoms with Gasteiger partial charge in [-0.3, -0.25) is 4.79 Å². The smallest absolute Gasteiger partial charge is 0.338 e. The van der Waals surface area contributed by atoms with Crippen molar-refractivity contribution < 1.29 is 28.6 Å². The first-order valence-electron chi connectivity index (χ1n) is 15.2. The first-order valence-corrected chi connectivity index (χ1v) is 15.2. The van der Waals surface area contributed by atoms with Crippen molar-refractivity contribution in [2.75, 3.05) is 26.2 Å². The lowest BCUT2D eigenvalue weighted by Gasteiger charge is -2.25. The van der Waals surface area contributed by atoms with Crippen LogP contribution in [0.15, 0.2) is 46.9 Å². The van der Waals surface area contributed by atoms with Crippen molar-refractivity contribution in [2.24, 2.45) is 0 Å². The number of esters is 1. The summed E-state index contributed by atoms with van der Waals surface area (Å²) in [6.07, 6.45) is 6.11. The molecule has 0 bridgehead atoms. The molecule has 1 aromatic heterocycles. The number of nitrogens with zero attached hydrogens (tertiary/aromatic N) is 1. The molecule has 0 radical (unpaired) electrons. The van der Waals surface area contributed by atoms with Gasteiger partial charge in [0.2, 0.25) is 0 Å². The lowest BCUT2D eigenvalue weighted by molar-refractivity contribution is 0.0378. The molecule has 0 aliphatic carbocycles. The SMILES string of the molecule is CCCCc1oc2ccc(C(=O)OC(C)C)cc2c1C(=O)c1ccc(OCC(O)CN(CCCC)CCCC)cc1. The highest BCUT2D eigenvalue weighted by Crippen LogP contribution is 2.31. The number of ketones is 1. The normalized spacial score (nSPS) is 12.3. The van der Waals surface area contributed by atoms with Crippen LogP contribution < -0.4 is 4.74 Å². The third-order valence-corrected chi connectivity index (χ3v) is 7.01. The fraction of sp³-hybridized carbons (Fsp3) is 0.529. The number of carbonyl (C=O) groups excluding carboxylic acids is 2. The molecule has 1 heterocycles. The molecule has 0 amide bonds. The predicted molar refractivity (Wildman–Crippen MR) is 163 cm³/mol. The zero-order chi connectivity index (χ0) is 29.8. The van der Waals surface area contributed by atoms with E-state index in [1.54, 1.807) is 56.3 Å². The minimum absolute atomic E-state index is 0.168. The Bertz CT molecular complexity index is 1240. The quantitative estimate of drug-likeness (QED) is 0.129. The molecule has 1 N–H and O–H groups in total. The fourth-order valence-electron chi connectivity index (χ4n) is 4.77. The summed E-state index contributed by atoms with van der Waals surface area (Å²) in [5, 5.41) is 11.2. The Labute approximate surface area is 244 Å². The van der Waals surface area contributed by atoms with Crippen LogP contribution in [0, 0.1) is 0 Å². The second kappa shape index (κ2) is 16.3. The first-order chi connectivity index (χ1) is 19.8. The Morgan fingerprint density at radius 2 is 1.54 bits per heavy atom. The molecular formula is C34H47NO6. The Morgan fingerprint density at radius 1 is 0.902 bits per heavy atom. The van der Waals surface area contributed by atoms with Crippen LogP contribution in [-0.4, -0.2) is 60.2 Å². The highest BCUT2D eigenvalue weighted by molar-refractivity contribution is 6.17. The number of aryl methyl sites for hydroxylation is 1. The van der Waals surface area contributed by atoms with Crippen LogP contribution in [-0.2, 0) is 11.2 Å². The summed E-state index contributed by atoms with van der Waals surface area (Å²) in [5.41, 5.74) is 1.93. The Balaban J connectivity index is 1.75. The van der Waals surface area contributed by atoms with E-state index in [0.717, 1.165) is 51.6 Å². The largest absolute Gasteiger partial charge is 0.491 e. The van der Waals surface area contributed by atoms with Crippen molar-refractivity contribution in [3.05, 3.63) is 64.9 Å². The maximum absolute atomic E-state index is 13.8. The van der Waals surface area contributed by atoms with Crippen molar-refractivity contribution in [2.45, 2.75) is 91.8 Å². The maximum Gasteiger partial charge on any atom is 0.338 e. The number of unbranched alkanes of at least 4 members (excludes halogenated alkanes) is 3. The number of hydrogen-bond donors (Lipinski definition) is 1. The number of rotatable bonds is 18. The second-order valence-corrected chi connectivity index (χ2v) is 11.0. The minimum Gasteiger partial charge on any atom is -0.491 e. The van der Waals surface area contributed by atoms with Crippen LogP contribution in [0.25, 0.3) is 11.0 Å². The van der Waals surface area contributed by atoms with Gasteiger partial charge in [-0.05, 0) is 88.7 Å². The summed E-state index contributed by atoms with van der Waals surface area (Å²) in [6, 6.07) is 12.1. The van der Waals surface area contributed by atoms with Crippen LogP contribution >= 0.6 is 0 Å². The zero-order valence-electron chi connectivity index (χ0n) is 25.4. The van der Waals surface area contributed by atoms with Gasteiger partial charge < -0.3 is 23.9 Å². The summed E-state index contributed by atoms with van der Waals surface area (Å²) in [6.45, 7) is 12.8. The Morgan fingerprint density at radius 3 is 2.15 bits per heavy atom. The van der Waals surface area contributed by atoms with Crippen LogP contribution in [0.1, 0.15) is 105 Å². The number of aliphatic hydroxyl groups is 1. The summed E-state index contributed by atoms with van der Waals surface area (Å²) >= 11 is 0. The predicted octanol–water partition coefficient (Wildman–Crippen LogP) is 7.21. The molecule has 1 unspecified atom stereocenters. The molecule has 0 saturated carbocycles. The van der Waals surface area contributed by atoms with Gasteiger partial charge in [0, 0.05) is 23.9 Å². The summed E-state index contributed by atoms with van der Waals surface area (Å²) < 4.78 is 17.3. The second-order valence-electron chi connectivity index (χ2n) is 11.0. The van der Waals surface area contributed by atoms with E-state index < -0.39 is 12.1 Å². The maximum atomic E-state index is 13.8. The highest BCUT2D eigenvalue weighted by atomic mass is 16.5. The van der Waals surface area contributed by atoms with Gasteiger partial charge in [0.15, 0.2) is 5.78 Å². The molecule has 0 saturated heterocycles. The molecule has 3 rings (SSSR count). The van der Waals surface area contributed by atoms with Gasteiger partial charge >= 0.3 is 5.97 Å². The molecular weight excluding hydrogens is 518 g/mol. The van der Waals surface area contributed by atoms with E-state index in [1.165, 1.54) is 0 Å². The molecule has 0 aliphatic rings. The molecule has 224 valence electrons. The van der Waals surface area contributed by atoms with Crippen LogP contribution in [0.3, 0.4) is 0 Å². The summed E-state index contributed by atoms with van der Waals surface area (Å²) in [5.74, 6) is 0.620. The number of carbonyl (C=O) groups is 2. The molecule has 0 aliphatic heterocycles. The molecule has 0 spiro atoms. The van der Waals surface area contributed by atoms with Gasteiger partial charge in [-0.1, -0.05) is 40.0 Å². The number of hydrogen-bond acceptors (Lipinski definition) is 7. The van der Waals surface area contributed by atoms with Gasteiger partial charge in [0.25, 0.3) is 0 Å². The summed E-state index contributed by atoms with van der Waals surface area (Å²) in [4.78, 5) is 28.6. The molecule has 41 heavy (non-hydrogen) atoms. The number of ether oxygens (including phenoxy) is 2. The zero-order valence-corrected chi connectivity index (χ0v) is 25.4. The molecule has 3 aromatic rings. The fourth-order valence-corrected chi connectivity index (χ4v) is 4.77. The van der Waals surface area contributed by atoms with Gasteiger partial charge in [-0.25, -0.2) is 4.79 Å². The number of aliphatic hydroxyl groups excluding tert-OH is 1. The highest BCUT2D eigenvalue weighted by Gasteiger charge is 2.23. The Hall–Kier alpha value is -3.16. The van der Waals surface area contributed by atoms with E-state index in [1.807, 2.05) is 0 Å². The van der Waals surface area contributed by atoms with Gasteiger partial charge in [-0.15, -0.1) is 0 Å². The minimum atomic E-state index is -0.597. The lowest BCUT2D eigenvalue weighted by atomic mass is 9.97. The van der Waals surface area contributed by atoms with E-state index in [0.29, 0.717) is 52.1 Å². The lowest BCUT2D eigenvalue weighted by Crippen LogP contribution is -2.36. The molecule has 0 fully saturated rings. The average molecular weight is 566 g/mol. The van der Waals surface area contributed by atoms with Gasteiger partial charge in [-0.2, -0.15) is 0 Å². The van der Waals surface area contributed by atoms with E-state index in [4.69, 9.17) is 13.9 Å². The van der Waals surface area contributed by atoms with Crippen molar-refractivity contribution in [3.8, 4) is 5.75 Å². The van der Waals surface area contributed by atoms with E-state index >= 15 is 0 Å². The van der Waals surface area contributed by atoms with E-state index in [2.05, 4.69) is 25.7 Å². The van der Waals surface area contributed by atoms with E-state index in [9.17, 15) is 14.7 Å². The van der Waals surface area contributed by atoms with Crippen LogP contribution in [0.5, 0.6) is 5.75 Å². The van der Waals surface area contributed by atoms with Crippen LogP contribution in [0.2, 0.25) is 0 Å². The third kappa shape index (κ3) is 9.44. The Kier molecular flexibility index (Phi) is 12.9. The third-order valence-electron chi connectivity index (χ3n) is 7.01. The first kappa shape index (κ1) is 32.4. The number of furan rings is 1. The molecule has 7 heteroatoms. The average Bonchev–Trinajstić information content (AvgIpc) is 3.33. The van der Waals surface area contributed by atoms with Crippen molar-refractivity contribution in [1.29, 1.82) is 0 Å². The number of fused-ring (bicyclic) bond motifs is 1. The topological polar surface area (TPSA) is 89.2 Å². The van der Waals surface area contributed by atoms with Crippen molar-refractivity contribution in [1.82, 2.24) is 4.90 Å². The van der Waals surface area contributed by atoms with Crippen molar-refractivity contribution in [3.63, 3.8) is 0 Å². The van der Waals surface area contributed by atoms with Crippen LogP contribution in [0.4, 0.5) is 0 Å². The van der Waals surface area contributed by atoms with E-state index in [-0.39, 0.29) is 18.5 Å². The molecule has 2 aromatic carbocycles. The standard InChI is InChI=1S/C34H47NO6/c1-6-9-12-31-32(29-21-26(15-18-30(29)41-31)34(38)40-24(4)5)33(37)25-13-16-28(17-14-25)39-23-27(36)22-35(19-10-7-2)20-11-8-3/h13-18,21,24,27,36H,6-12,19-20,22-23H2,1-5H3. The summed E-state index contributed by atoms with van der Waals surface area (Å²) in [7, 11) is 0.